The van der Waals surface area contributed by atoms with Gasteiger partial charge in [0.2, 0.25) is 0 Å². The zero-order valence-corrected chi connectivity index (χ0v) is 21.3. The Morgan fingerprint density at radius 1 is 1.07 bits per heavy atom. The molecule has 1 amide bonds. The van der Waals surface area contributed by atoms with E-state index < -0.39 is 24.0 Å². The first-order chi connectivity index (χ1) is 12.8. The van der Waals surface area contributed by atoms with Gasteiger partial charge >= 0.3 is 171 Å². The first kappa shape index (κ1) is 24.4. The van der Waals surface area contributed by atoms with Crippen LogP contribution in [0.3, 0.4) is 0 Å². The molecule has 1 atom stereocenters. The summed E-state index contributed by atoms with van der Waals surface area (Å²) >= 11 is -2.77. The number of alkyl carbamates (subject to hydrolysis) is 1. The van der Waals surface area contributed by atoms with Crippen LogP contribution >= 0.6 is 0 Å². The van der Waals surface area contributed by atoms with Crippen LogP contribution in [0.1, 0.15) is 89.9 Å². The number of ether oxygens (including phenoxy) is 1. The van der Waals surface area contributed by atoms with Crippen LogP contribution in [-0.4, -0.2) is 30.1 Å². The van der Waals surface area contributed by atoms with Crippen LogP contribution in [0.2, 0.25) is 13.3 Å². The van der Waals surface area contributed by atoms with Gasteiger partial charge in [0.25, 0.3) is 0 Å². The van der Waals surface area contributed by atoms with E-state index in [0.29, 0.717) is 0 Å². The van der Waals surface area contributed by atoms with Crippen molar-refractivity contribution in [3.8, 4) is 0 Å². The van der Waals surface area contributed by atoms with Gasteiger partial charge < -0.3 is 0 Å². The predicted octanol–water partition coefficient (Wildman–Crippen LogP) is 7.23. The van der Waals surface area contributed by atoms with Gasteiger partial charge in [0.15, 0.2) is 0 Å². The Hall–Kier alpha value is -0.651. The number of rotatable bonds is 12. The molecular formula is C22H41NO3Sn. The van der Waals surface area contributed by atoms with E-state index in [1.807, 2.05) is 32.9 Å². The molecule has 156 valence electrons. The molecule has 5 heteroatoms. The van der Waals surface area contributed by atoms with Crippen LogP contribution in [-0.2, 0) is 4.74 Å². The Morgan fingerprint density at radius 2 is 1.59 bits per heavy atom. The minimum absolute atomic E-state index is 0.0498. The van der Waals surface area contributed by atoms with Gasteiger partial charge in [-0.15, -0.1) is 0 Å². The molecule has 0 spiro atoms. The number of carbonyl (C=O) groups is 1. The van der Waals surface area contributed by atoms with Crippen molar-refractivity contribution in [1.82, 2.24) is 5.32 Å². The standard InChI is InChI=1S/C10H14NO3.3C4H9.Sn/c1-10(2,3)14-9(12)11-7-8-5-4-6-13-8;3*1-3-4-2;/h4-7H,1-3H3,(H,11,12);3*1,3-4H2,2H3;. The van der Waals surface area contributed by atoms with E-state index in [4.69, 9.17) is 9.15 Å². The van der Waals surface area contributed by atoms with Gasteiger partial charge in [0.05, 0.1) is 0 Å². The van der Waals surface area contributed by atoms with Crippen LogP contribution in [0.5, 0.6) is 0 Å². The third-order valence-corrected chi connectivity index (χ3v) is 21.5. The Bertz CT molecular complexity index is 500. The molecule has 0 fully saturated rings. The van der Waals surface area contributed by atoms with E-state index in [0.717, 1.165) is 5.76 Å². The molecule has 0 aliphatic rings. The van der Waals surface area contributed by atoms with E-state index in [-0.39, 0.29) is 10.2 Å². The van der Waals surface area contributed by atoms with Gasteiger partial charge in [-0.1, -0.05) is 0 Å². The van der Waals surface area contributed by atoms with Crippen molar-refractivity contribution >= 4 is 24.5 Å². The fourth-order valence-corrected chi connectivity index (χ4v) is 20.9. The molecule has 0 saturated carbocycles. The van der Waals surface area contributed by atoms with E-state index >= 15 is 0 Å². The molecule has 1 aromatic heterocycles. The van der Waals surface area contributed by atoms with Crippen molar-refractivity contribution in [3.05, 3.63) is 24.2 Å². The van der Waals surface area contributed by atoms with E-state index in [1.165, 1.54) is 51.8 Å². The second-order valence-corrected chi connectivity index (χ2v) is 22.5. The van der Waals surface area contributed by atoms with Crippen molar-refractivity contribution in [3.63, 3.8) is 0 Å². The van der Waals surface area contributed by atoms with Crippen molar-refractivity contribution < 1.29 is 13.9 Å². The second kappa shape index (κ2) is 12.0. The Morgan fingerprint density at radius 3 is 1.96 bits per heavy atom. The Balaban J connectivity index is 3.22. The average molecular weight is 486 g/mol. The number of furan rings is 1. The summed E-state index contributed by atoms with van der Waals surface area (Å²) in [6, 6.07) is 3.98. The van der Waals surface area contributed by atoms with Crippen molar-refractivity contribution in [2.75, 3.05) is 0 Å². The van der Waals surface area contributed by atoms with Crippen LogP contribution in [0, 0.1) is 0 Å². The second-order valence-electron chi connectivity index (χ2n) is 8.77. The van der Waals surface area contributed by atoms with Gasteiger partial charge in [-0.05, 0) is 0 Å². The van der Waals surface area contributed by atoms with Crippen LogP contribution < -0.4 is 5.32 Å². The number of hydrogen-bond acceptors (Lipinski definition) is 3. The molecule has 0 saturated heterocycles. The SMILES string of the molecule is CCC[CH2][Sn]([CH2]CCC)([CH2]CCC)[CH](NC(=O)OC(C)(C)C)c1ccco1. The normalized spacial score (nSPS) is 13.4. The molecule has 1 rings (SSSR count). The van der Waals surface area contributed by atoms with Crippen LogP contribution in [0.4, 0.5) is 4.79 Å². The van der Waals surface area contributed by atoms with Gasteiger partial charge in [0.1, 0.15) is 0 Å². The molecule has 1 heterocycles. The van der Waals surface area contributed by atoms with Gasteiger partial charge in [-0.2, -0.15) is 0 Å². The van der Waals surface area contributed by atoms with Crippen molar-refractivity contribution in [2.45, 2.75) is 103 Å². The van der Waals surface area contributed by atoms with Gasteiger partial charge in [-0.3, -0.25) is 0 Å². The van der Waals surface area contributed by atoms with Gasteiger partial charge in [0, 0.05) is 0 Å². The summed E-state index contributed by atoms with van der Waals surface area (Å²) in [5, 5.41) is 3.28. The van der Waals surface area contributed by atoms with Crippen LogP contribution in [0.15, 0.2) is 22.8 Å². The Kier molecular flexibility index (Phi) is 10.9. The fourth-order valence-electron chi connectivity index (χ4n) is 3.80. The number of nitrogens with one attached hydrogen (secondary N) is 1. The quantitative estimate of drug-likeness (QED) is 0.317. The summed E-state index contributed by atoms with van der Waals surface area (Å²) in [7, 11) is 0. The number of unbranched alkanes of at least 4 members (excludes halogenated alkanes) is 3. The molecule has 4 nitrogen and oxygen atoms in total. The van der Waals surface area contributed by atoms with E-state index in [9.17, 15) is 4.79 Å². The number of carbonyl (C=O) groups excluding carboxylic acids is 1. The van der Waals surface area contributed by atoms with Crippen LogP contribution in [0.25, 0.3) is 0 Å². The molecule has 0 aliphatic carbocycles. The third-order valence-electron chi connectivity index (χ3n) is 5.19. The molecule has 0 aromatic carbocycles. The first-order valence-electron chi connectivity index (χ1n) is 10.8. The first-order valence-corrected chi connectivity index (χ1v) is 18.5. The van der Waals surface area contributed by atoms with Crippen molar-refractivity contribution in [1.29, 1.82) is 0 Å². The van der Waals surface area contributed by atoms with Gasteiger partial charge in [-0.25, -0.2) is 0 Å². The predicted molar refractivity (Wildman–Crippen MR) is 116 cm³/mol. The maximum absolute atomic E-state index is 12.7. The average Bonchev–Trinajstić information content (AvgIpc) is 3.12. The molecule has 1 aromatic rings. The molecule has 0 aliphatic heterocycles. The minimum atomic E-state index is -2.77. The topological polar surface area (TPSA) is 51.5 Å². The number of amides is 1. The number of hydrogen-bond donors (Lipinski definition) is 1. The summed E-state index contributed by atoms with van der Waals surface area (Å²) in [6.45, 7) is 12.5. The monoisotopic (exact) mass is 487 g/mol. The Labute approximate surface area is 170 Å². The summed E-state index contributed by atoms with van der Waals surface area (Å²) in [5.41, 5.74) is -0.494. The molecule has 1 N–H and O–H groups in total. The molecule has 0 bridgehead atoms. The zero-order valence-electron chi connectivity index (χ0n) is 18.4. The van der Waals surface area contributed by atoms with E-state index in [1.54, 1.807) is 6.26 Å². The molecular weight excluding hydrogens is 445 g/mol. The fraction of sp³-hybridized carbons (Fsp3) is 0.773. The summed E-state index contributed by atoms with van der Waals surface area (Å²) in [5.74, 6) is 0.931. The summed E-state index contributed by atoms with van der Waals surface area (Å²) < 4.78 is 15.4. The third kappa shape index (κ3) is 8.49. The van der Waals surface area contributed by atoms with Crippen molar-refractivity contribution in [2.24, 2.45) is 0 Å². The zero-order chi connectivity index (χ0) is 20.3. The molecule has 27 heavy (non-hydrogen) atoms. The molecule has 0 radical (unpaired) electrons. The van der Waals surface area contributed by atoms with E-state index in [2.05, 4.69) is 26.1 Å². The summed E-state index contributed by atoms with van der Waals surface area (Å²) in [6.07, 6.45) is 8.77. The maximum atomic E-state index is 12.7. The molecule has 1 unspecified atom stereocenters. The summed E-state index contributed by atoms with van der Waals surface area (Å²) in [4.78, 5) is 12.7.